The first kappa shape index (κ1) is 18.1. The van der Waals surface area contributed by atoms with E-state index in [1.54, 1.807) is 24.3 Å². The molecule has 2 aromatic rings. The summed E-state index contributed by atoms with van der Waals surface area (Å²) in [5.41, 5.74) is 1.81. The SMILES string of the molecule is Cc1ccc2c(c1)C1(C(=O)N2)C2C(=O)N(c3ccccc3Cl)C(=O)C2C2CCCN21. The van der Waals surface area contributed by atoms with Gasteiger partial charge in [0.15, 0.2) is 0 Å². The molecule has 0 bridgehead atoms. The Hall–Kier alpha value is -2.70. The van der Waals surface area contributed by atoms with Crippen LogP contribution in [0.15, 0.2) is 42.5 Å². The highest BCUT2D eigenvalue weighted by Gasteiger charge is 2.74. The summed E-state index contributed by atoms with van der Waals surface area (Å²) in [5.74, 6) is -2.09. The Kier molecular flexibility index (Phi) is 3.58. The molecule has 6 rings (SSSR count). The van der Waals surface area contributed by atoms with Crippen molar-refractivity contribution in [3.8, 4) is 0 Å². The van der Waals surface area contributed by atoms with E-state index >= 15 is 0 Å². The molecule has 4 unspecified atom stereocenters. The fourth-order valence-electron chi connectivity index (χ4n) is 6.19. The van der Waals surface area contributed by atoms with Crippen molar-refractivity contribution in [2.45, 2.75) is 31.3 Å². The summed E-state index contributed by atoms with van der Waals surface area (Å²) >= 11 is 6.35. The standard InChI is InChI=1S/C23H20ClN3O3/c1-12-8-9-15-13(11-12)23(22(30)25-15)19-18(17-7-4-10-26(17)23)20(28)27(21(19)29)16-6-3-2-5-14(16)24/h2-3,5-6,8-9,11,17-19H,4,7,10H2,1H3,(H,25,30). The molecule has 1 N–H and O–H groups in total. The maximum Gasteiger partial charge on any atom is 0.250 e. The molecule has 1 spiro atoms. The van der Waals surface area contributed by atoms with Gasteiger partial charge in [0.05, 0.1) is 22.5 Å². The Balaban J connectivity index is 1.58. The fourth-order valence-corrected chi connectivity index (χ4v) is 6.41. The van der Waals surface area contributed by atoms with E-state index in [0.29, 0.717) is 17.3 Å². The first-order valence-corrected chi connectivity index (χ1v) is 10.7. The maximum absolute atomic E-state index is 13.8. The molecule has 0 aliphatic carbocycles. The van der Waals surface area contributed by atoms with E-state index in [2.05, 4.69) is 10.2 Å². The molecule has 0 aromatic heterocycles. The van der Waals surface area contributed by atoms with Crippen LogP contribution in [0.4, 0.5) is 11.4 Å². The second-order valence-corrected chi connectivity index (χ2v) is 9.05. The Morgan fingerprint density at radius 1 is 1.10 bits per heavy atom. The molecular weight excluding hydrogens is 402 g/mol. The number of carbonyl (C=O) groups excluding carboxylic acids is 3. The fraction of sp³-hybridized carbons (Fsp3) is 0.348. The number of amides is 3. The van der Waals surface area contributed by atoms with Gasteiger partial charge in [0.25, 0.3) is 0 Å². The topological polar surface area (TPSA) is 69.7 Å². The van der Waals surface area contributed by atoms with Gasteiger partial charge in [-0.05, 0) is 44.5 Å². The highest BCUT2D eigenvalue weighted by atomic mass is 35.5. The molecule has 0 saturated carbocycles. The molecule has 152 valence electrons. The van der Waals surface area contributed by atoms with Gasteiger partial charge < -0.3 is 5.32 Å². The van der Waals surface area contributed by atoms with Crippen LogP contribution in [0, 0.1) is 18.8 Å². The Labute approximate surface area is 178 Å². The summed E-state index contributed by atoms with van der Waals surface area (Å²) in [6.07, 6.45) is 1.70. The van der Waals surface area contributed by atoms with E-state index in [1.165, 1.54) is 4.90 Å². The minimum absolute atomic E-state index is 0.129. The van der Waals surface area contributed by atoms with Gasteiger partial charge in [0, 0.05) is 17.3 Å². The number of hydrogen-bond donors (Lipinski definition) is 1. The lowest BCUT2D eigenvalue weighted by Gasteiger charge is -2.36. The van der Waals surface area contributed by atoms with Crippen molar-refractivity contribution < 1.29 is 14.4 Å². The van der Waals surface area contributed by atoms with Gasteiger partial charge in [-0.2, -0.15) is 0 Å². The average Bonchev–Trinajstić information content (AvgIpc) is 3.42. The van der Waals surface area contributed by atoms with E-state index < -0.39 is 17.4 Å². The lowest BCUT2D eigenvalue weighted by molar-refractivity contribution is -0.135. The van der Waals surface area contributed by atoms with Crippen molar-refractivity contribution in [3.05, 3.63) is 58.6 Å². The number of rotatable bonds is 1. The highest BCUT2D eigenvalue weighted by molar-refractivity contribution is 6.36. The monoisotopic (exact) mass is 421 g/mol. The molecule has 7 heteroatoms. The summed E-state index contributed by atoms with van der Waals surface area (Å²) in [5, 5.41) is 3.35. The van der Waals surface area contributed by atoms with Gasteiger partial charge in [-0.25, -0.2) is 4.90 Å². The zero-order valence-corrected chi connectivity index (χ0v) is 17.1. The van der Waals surface area contributed by atoms with Crippen molar-refractivity contribution in [1.82, 2.24) is 4.90 Å². The van der Waals surface area contributed by atoms with E-state index in [1.807, 2.05) is 25.1 Å². The normalized spacial score (nSPS) is 32.0. The quantitative estimate of drug-likeness (QED) is 0.718. The second-order valence-electron chi connectivity index (χ2n) is 8.64. The van der Waals surface area contributed by atoms with Gasteiger partial charge in [-0.1, -0.05) is 41.4 Å². The number of nitrogens with one attached hydrogen (secondary N) is 1. The molecular formula is C23H20ClN3O3. The van der Waals surface area contributed by atoms with Crippen LogP contribution in [0.1, 0.15) is 24.0 Å². The Morgan fingerprint density at radius 2 is 1.90 bits per heavy atom. The minimum atomic E-state index is -1.14. The van der Waals surface area contributed by atoms with Gasteiger partial charge in [0.2, 0.25) is 17.7 Å². The first-order valence-electron chi connectivity index (χ1n) is 10.3. The van der Waals surface area contributed by atoms with E-state index in [0.717, 1.165) is 29.7 Å². The van der Waals surface area contributed by atoms with Crippen LogP contribution in [0.5, 0.6) is 0 Å². The molecule has 4 atom stereocenters. The van der Waals surface area contributed by atoms with Crippen LogP contribution < -0.4 is 10.2 Å². The minimum Gasteiger partial charge on any atom is -0.324 e. The Morgan fingerprint density at radius 3 is 2.70 bits per heavy atom. The third kappa shape index (κ3) is 1.96. The molecule has 4 aliphatic heterocycles. The number of carbonyl (C=O) groups is 3. The summed E-state index contributed by atoms with van der Waals surface area (Å²) in [6.45, 7) is 2.67. The molecule has 4 aliphatic rings. The lowest BCUT2D eigenvalue weighted by Crippen LogP contribution is -2.54. The van der Waals surface area contributed by atoms with Crippen molar-refractivity contribution >= 4 is 40.7 Å². The number of para-hydroxylation sites is 1. The van der Waals surface area contributed by atoms with E-state index in [9.17, 15) is 14.4 Å². The third-order valence-corrected chi connectivity index (χ3v) is 7.56. The molecule has 3 saturated heterocycles. The summed E-state index contributed by atoms with van der Waals surface area (Å²) < 4.78 is 0. The van der Waals surface area contributed by atoms with Crippen LogP contribution in [-0.4, -0.2) is 35.2 Å². The largest absolute Gasteiger partial charge is 0.324 e. The molecule has 3 fully saturated rings. The van der Waals surface area contributed by atoms with Gasteiger partial charge in [-0.15, -0.1) is 0 Å². The van der Waals surface area contributed by atoms with Crippen molar-refractivity contribution in [3.63, 3.8) is 0 Å². The number of aryl methyl sites for hydroxylation is 1. The van der Waals surface area contributed by atoms with Crippen molar-refractivity contribution in [2.24, 2.45) is 11.8 Å². The van der Waals surface area contributed by atoms with Crippen molar-refractivity contribution in [2.75, 3.05) is 16.8 Å². The van der Waals surface area contributed by atoms with Crippen LogP contribution >= 0.6 is 11.6 Å². The van der Waals surface area contributed by atoms with Crippen LogP contribution in [-0.2, 0) is 19.9 Å². The first-order chi connectivity index (χ1) is 14.5. The summed E-state index contributed by atoms with van der Waals surface area (Å²) in [4.78, 5) is 44.3. The Bertz CT molecular complexity index is 1150. The number of nitrogens with zero attached hydrogens (tertiary/aromatic N) is 2. The predicted molar refractivity (Wildman–Crippen MR) is 112 cm³/mol. The molecule has 6 nitrogen and oxygen atoms in total. The molecule has 0 radical (unpaired) electrons. The van der Waals surface area contributed by atoms with E-state index in [-0.39, 0.29) is 23.8 Å². The maximum atomic E-state index is 13.8. The van der Waals surface area contributed by atoms with Crippen LogP contribution in [0.25, 0.3) is 0 Å². The van der Waals surface area contributed by atoms with E-state index in [4.69, 9.17) is 11.6 Å². The van der Waals surface area contributed by atoms with Gasteiger partial charge >= 0.3 is 0 Å². The van der Waals surface area contributed by atoms with Crippen LogP contribution in [0.2, 0.25) is 5.02 Å². The molecule has 30 heavy (non-hydrogen) atoms. The molecule has 4 heterocycles. The second kappa shape index (κ2) is 5.93. The zero-order chi connectivity index (χ0) is 20.8. The van der Waals surface area contributed by atoms with Crippen LogP contribution in [0.3, 0.4) is 0 Å². The predicted octanol–water partition coefficient (Wildman–Crippen LogP) is 3.08. The molecule has 2 aromatic carbocycles. The average molecular weight is 422 g/mol. The zero-order valence-electron chi connectivity index (χ0n) is 16.4. The number of halogens is 1. The number of fused-ring (bicyclic) bond motifs is 7. The highest BCUT2D eigenvalue weighted by Crippen LogP contribution is 2.60. The number of hydrogen-bond acceptors (Lipinski definition) is 4. The number of benzene rings is 2. The third-order valence-electron chi connectivity index (χ3n) is 7.24. The smallest absolute Gasteiger partial charge is 0.250 e. The van der Waals surface area contributed by atoms with Gasteiger partial charge in [-0.3, -0.25) is 19.3 Å². The van der Waals surface area contributed by atoms with Gasteiger partial charge in [0.1, 0.15) is 5.54 Å². The number of anilines is 2. The van der Waals surface area contributed by atoms with Crippen molar-refractivity contribution in [1.29, 1.82) is 0 Å². The lowest BCUT2D eigenvalue weighted by atomic mass is 9.75. The number of imide groups is 1. The molecule has 3 amide bonds. The summed E-state index contributed by atoms with van der Waals surface area (Å²) in [6, 6.07) is 12.6. The summed E-state index contributed by atoms with van der Waals surface area (Å²) in [7, 11) is 0.